The third kappa shape index (κ3) is 5.43. The van der Waals surface area contributed by atoms with E-state index in [9.17, 15) is 0 Å². The minimum absolute atomic E-state index is 0.104. The molecule has 0 radical (unpaired) electrons. The van der Waals surface area contributed by atoms with Gasteiger partial charge in [-0.05, 0) is 45.7 Å². The topological polar surface area (TPSA) is 36.9 Å². The molecule has 5 heteroatoms. The summed E-state index contributed by atoms with van der Waals surface area (Å²) < 4.78 is 23.0. The van der Waals surface area contributed by atoms with Crippen molar-refractivity contribution in [3.05, 3.63) is 29.8 Å². The van der Waals surface area contributed by atoms with Gasteiger partial charge < -0.3 is 18.0 Å². The Morgan fingerprint density at radius 3 is 2.24 bits per heavy atom. The zero-order valence-electron chi connectivity index (χ0n) is 13.4. The summed E-state index contributed by atoms with van der Waals surface area (Å²) in [5.41, 5.74) is 1.21. The molecule has 118 valence electrons. The van der Waals surface area contributed by atoms with Gasteiger partial charge in [0, 0.05) is 18.1 Å². The standard InChI is InChI=1S/C16H26O4Si/c1-12(2)18-21(19-13(3)4)20-16-8-6-5-7-15(16)9-14-10-17-11-14/h5-8,12-14,21H,9-11H2,1-4H3. The van der Waals surface area contributed by atoms with Gasteiger partial charge in [0.25, 0.3) is 0 Å². The molecule has 0 unspecified atom stereocenters. The first-order chi connectivity index (χ1) is 10.0. The summed E-state index contributed by atoms with van der Waals surface area (Å²) in [6.45, 7) is 9.71. The van der Waals surface area contributed by atoms with Gasteiger partial charge in [0.15, 0.2) is 0 Å². The van der Waals surface area contributed by atoms with Crippen molar-refractivity contribution in [2.45, 2.75) is 46.3 Å². The van der Waals surface area contributed by atoms with Gasteiger partial charge >= 0.3 is 9.53 Å². The maximum Gasteiger partial charge on any atom is 0.550 e. The number of para-hydroxylation sites is 1. The molecular weight excluding hydrogens is 284 g/mol. The first kappa shape index (κ1) is 16.5. The highest BCUT2D eigenvalue weighted by molar-refractivity contribution is 6.37. The summed E-state index contributed by atoms with van der Waals surface area (Å²) in [4.78, 5) is 0. The Hall–Kier alpha value is -0.883. The molecule has 0 saturated carbocycles. The smallest absolute Gasteiger partial charge is 0.503 e. The van der Waals surface area contributed by atoms with Gasteiger partial charge in [-0.3, -0.25) is 0 Å². The van der Waals surface area contributed by atoms with E-state index in [4.69, 9.17) is 18.0 Å². The first-order valence-corrected chi connectivity index (χ1v) is 9.09. The Kier molecular flexibility index (Phi) is 6.23. The lowest BCUT2D eigenvalue weighted by Gasteiger charge is -2.27. The van der Waals surface area contributed by atoms with E-state index in [0.717, 1.165) is 25.4 Å². The second-order valence-electron chi connectivity index (χ2n) is 5.99. The highest BCUT2D eigenvalue weighted by Gasteiger charge is 2.24. The van der Waals surface area contributed by atoms with Gasteiger partial charge in [-0.2, -0.15) is 0 Å². The molecule has 1 aliphatic rings. The van der Waals surface area contributed by atoms with Gasteiger partial charge in [-0.25, -0.2) is 0 Å². The average Bonchev–Trinajstić information content (AvgIpc) is 2.33. The van der Waals surface area contributed by atoms with Crippen LogP contribution in [0.25, 0.3) is 0 Å². The Balaban J connectivity index is 2.03. The average molecular weight is 310 g/mol. The molecule has 1 saturated heterocycles. The van der Waals surface area contributed by atoms with Crippen LogP contribution in [0.4, 0.5) is 0 Å². The zero-order chi connectivity index (χ0) is 15.2. The fourth-order valence-corrected chi connectivity index (χ4v) is 3.64. The van der Waals surface area contributed by atoms with E-state index in [1.807, 2.05) is 45.9 Å². The van der Waals surface area contributed by atoms with Crippen LogP contribution in [0.1, 0.15) is 33.3 Å². The maximum atomic E-state index is 6.09. The normalized spacial score (nSPS) is 15.8. The first-order valence-electron chi connectivity index (χ1n) is 7.68. The molecule has 0 amide bonds. The molecule has 0 atom stereocenters. The van der Waals surface area contributed by atoms with Crippen LogP contribution in [0.5, 0.6) is 5.75 Å². The van der Waals surface area contributed by atoms with Gasteiger partial charge in [-0.1, -0.05) is 18.2 Å². The molecule has 0 aliphatic carbocycles. The fourth-order valence-electron chi connectivity index (χ4n) is 2.14. The van der Waals surface area contributed by atoms with Crippen molar-refractivity contribution >= 4 is 9.53 Å². The predicted molar refractivity (Wildman–Crippen MR) is 84.7 cm³/mol. The molecule has 1 aromatic rings. The molecule has 1 aliphatic heterocycles. The van der Waals surface area contributed by atoms with Crippen LogP contribution in [0.2, 0.25) is 0 Å². The van der Waals surface area contributed by atoms with Crippen molar-refractivity contribution in [2.75, 3.05) is 13.2 Å². The van der Waals surface area contributed by atoms with Crippen molar-refractivity contribution in [3.8, 4) is 5.75 Å². The molecule has 4 nitrogen and oxygen atoms in total. The Morgan fingerprint density at radius 2 is 1.71 bits per heavy atom. The summed E-state index contributed by atoms with van der Waals surface area (Å²) in [7, 11) is -2.17. The van der Waals surface area contributed by atoms with Gasteiger partial charge in [-0.15, -0.1) is 0 Å². The fraction of sp³-hybridized carbons (Fsp3) is 0.625. The Bertz CT molecular complexity index is 422. The number of hydrogen-bond donors (Lipinski definition) is 0. The maximum absolute atomic E-state index is 6.09. The summed E-state index contributed by atoms with van der Waals surface area (Å²) in [5.74, 6) is 1.49. The summed E-state index contributed by atoms with van der Waals surface area (Å²) in [6, 6.07) is 8.16. The van der Waals surface area contributed by atoms with Crippen molar-refractivity contribution < 1.29 is 18.0 Å². The number of rotatable bonds is 8. The van der Waals surface area contributed by atoms with E-state index < -0.39 is 9.53 Å². The van der Waals surface area contributed by atoms with Crippen LogP contribution in [-0.4, -0.2) is 34.9 Å². The minimum Gasteiger partial charge on any atom is -0.503 e. The van der Waals surface area contributed by atoms with Crippen molar-refractivity contribution in [3.63, 3.8) is 0 Å². The van der Waals surface area contributed by atoms with Crippen LogP contribution in [0, 0.1) is 5.92 Å². The van der Waals surface area contributed by atoms with Crippen LogP contribution in [0.3, 0.4) is 0 Å². The molecule has 2 rings (SSSR count). The summed E-state index contributed by atoms with van der Waals surface area (Å²) in [5, 5.41) is 0. The van der Waals surface area contributed by atoms with Gasteiger partial charge in [0.2, 0.25) is 0 Å². The van der Waals surface area contributed by atoms with E-state index in [-0.39, 0.29) is 12.2 Å². The third-order valence-electron chi connectivity index (χ3n) is 3.18. The third-order valence-corrected chi connectivity index (χ3v) is 5.16. The highest BCUT2D eigenvalue weighted by atomic mass is 28.3. The minimum atomic E-state index is -2.17. The quantitative estimate of drug-likeness (QED) is 0.692. The highest BCUT2D eigenvalue weighted by Crippen LogP contribution is 2.25. The molecule has 0 bridgehead atoms. The number of hydrogen-bond acceptors (Lipinski definition) is 4. The molecule has 0 spiro atoms. The van der Waals surface area contributed by atoms with Crippen molar-refractivity contribution in [1.82, 2.24) is 0 Å². The molecular formula is C16H26O4Si. The second kappa shape index (κ2) is 7.94. The van der Waals surface area contributed by atoms with E-state index in [1.165, 1.54) is 5.56 Å². The van der Waals surface area contributed by atoms with Crippen molar-refractivity contribution in [1.29, 1.82) is 0 Å². The van der Waals surface area contributed by atoms with E-state index in [1.54, 1.807) is 0 Å². The number of benzene rings is 1. The lowest BCUT2D eigenvalue weighted by Crippen LogP contribution is -2.36. The van der Waals surface area contributed by atoms with Gasteiger partial charge in [0.05, 0.1) is 13.2 Å². The predicted octanol–water partition coefficient (Wildman–Crippen LogP) is 2.82. The van der Waals surface area contributed by atoms with Crippen LogP contribution in [0.15, 0.2) is 24.3 Å². The lowest BCUT2D eigenvalue weighted by molar-refractivity contribution is -0.0314. The summed E-state index contributed by atoms with van der Waals surface area (Å²) >= 11 is 0. The molecule has 0 N–H and O–H groups in total. The molecule has 1 fully saturated rings. The molecule has 1 aromatic carbocycles. The molecule has 0 aromatic heterocycles. The van der Waals surface area contributed by atoms with Crippen LogP contribution >= 0.6 is 0 Å². The second-order valence-corrected chi connectivity index (χ2v) is 7.35. The van der Waals surface area contributed by atoms with Gasteiger partial charge in [0.1, 0.15) is 5.75 Å². The molecule has 1 heterocycles. The Morgan fingerprint density at radius 1 is 1.10 bits per heavy atom. The van der Waals surface area contributed by atoms with E-state index in [0.29, 0.717) is 5.92 Å². The van der Waals surface area contributed by atoms with Crippen LogP contribution in [-0.2, 0) is 20.0 Å². The number of ether oxygens (including phenoxy) is 1. The lowest BCUT2D eigenvalue weighted by atomic mass is 9.97. The largest absolute Gasteiger partial charge is 0.550 e. The zero-order valence-corrected chi connectivity index (χ0v) is 14.5. The van der Waals surface area contributed by atoms with E-state index in [2.05, 4.69) is 6.07 Å². The van der Waals surface area contributed by atoms with Crippen molar-refractivity contribution in [2.24, 2.45) is 5.92 Å². The monoisotopic (exact) mass is 310 g/mol. The molecule has 21 heavy (non-hydrogen) atoms. The van der Waals surface area contributed by atoms with E-state index >= 15 is 0 Å². The summed E-state index contributed by atoms with van der Waals surface area (Å²) in [6.07, 6.45) is 1.20. The van der Waals surface area contributed by atoms with Crippen LogP contribution < -0.4 is 4.43 Å². The Labute approximate surface area is 129 Å². The SMILES string of the molecule is CC(C)O[SiH](Oc1ccccc1CC1COC1)OC(C)C.